The lowest BCUT2D eigenvalue weighted by Gasteiger charge is -2.34. The zero-order valence-electron chi connectivity index (χ0n) is 25.1. The van der Waals surface area contributed by atoms with Crippen LogP contribution in [0.25, 0.3) is 11.3 Å². The van der Waals surface area contributed by atoms with Gasteiger partial charge in [0, 0.05) is 62.4 Å². The van der Waals surface area contributed by atoms with Gasteiger partial charge < -0.3 is 24.4 Å². The van der Waals surface area contributed by atoms with Crippen molar-refractivity contribution in [1.29, 1.82) is 0 Å². The van der Waals surface area contributed by atoms with E-state index in [9.17, 15) is 18.0 Å². The largest absolute Gasteiger partial charge is 0.381 e. The minimum atomic E-state index is -3.42. The second-order valence-electron chi connectivity index (χ2n) is 11.1. The third-order valence-electron chi connectivity index (χ3n) is 8.23. The van der Waals surface area contributed by atoms with E-state index < -0.39 is 15.1 Å². The number of aromatic nitrogens is 3. The van der Waals surface area contributed by atoms with E-state index in [0.29, 0.717) is 97.0 Å². The van der Waals surface area contributed by atoms with Crippen molar-refractivity contribution in [3.05, 3.63) is 83.4 Å². The van der Waals surface area contributed by atoms with Gasteiger partial charge in [-0.2, -0.15) is 0 Å². The number of carbonyl (C=O) groups is 2. The SMILES string of the molecule is Cc1noc(C)c1C(=O)N1CCN(C(=O)c2ccc(Nc3nccc(-c4ccc(S(=O)(=O)C5CCOCC5)cc4)n3)cc2)CC1. The van der Waals surface area contributed by atoms with Crippen LogP contribution in [0, 0.1) is 13.8 Å². The Morgan fingerprint density at radius 2 is 1.51 bits per heavy atom. The fourth-order valence-electron chi connectivity index (χ4n) is 5.64. The van der Waals surface area contributed by atoms with Crippen molar-refractivity contribution in [2.45, 2.75) is 36.8 Å². The minimum absolute atomic E-state index is 0.105. The van der Waals surface area contributed by atoms with Crippen LogP contribution in [0.15, 0.2) is 70.2 Å². The molecule has 2 amide bonds. The molecule has 4 heterocycles. The predicted molar refractivity (Wildman–Crippen MR) is 166 cm³/mol. The molecule has 12 nitrogen and oxygen atoms in total. The first-order valence-corrected chi connectivity index (χ1v) is 16.4. The maximum absolute atomic E-state index is 13.2. The molecule has 0 bridgehead atoms. The number of anilines is 2. The van der Waals surface area contributed by atoms with Crippen molar-refractivity contribution in [2.24, 2.45) is 0 Å². The van der Waals surface area contributed by atoms with Gasteiger partial charge >= 0.3 is 0 Å². The van der Waals surface area contributed by atoms with Gasteiger partial charge in [-0.25, -0.2) is 18.4 Å². The second-order valence-corrected chi connectivity index (χ2v) is 13.4. The van der Waals surface area contributed by atoms with Gasteiger partial charge in [0.1, 0.15) is 11.3 Å². The van der Waals surface area contributed by atoms with Gasteiger partial charge in [0.2, 0.25) is 5.95 Å². The number of nitrogens with zero attached hydrogens (tertiary/aromatic N) is 5. The van der Waals surface area contributed by atoms with Crippen LogP contribution in [0.2, 0.25) is 0 Å². The van der Waals surface area contributed by atoms with Gasteiger partial charge in [0.15, 0.2) is 9.84 Å². The number of amides is 2. The molecular weight excluding hydrogens is 596 g/mol. The molecule has 6 rings (SSSR count). The second kappa shape index (κ2) is 12.8. The summed E-state index contributed by atoms with van der Waals surface area (Å²) in [7, 11) is -3.42. The number of hydrogen-bond acceptors (Lipinski definition) is 10. The monoisotopic (exact) mass is 630 g/mol. The van der Waals surface area contributed by atoms with Crippen LogP contribution in [0.4, 0.5) is 11.6 Å². The van der Waals surface area contributed by atoms with Crippen molar-refractivity contribution in [1.82, 2.24) is 24.9 Å². The molecule has 234 valence electrons. The summed E-state index contributed by atoms with van der Waals surface area (Å²) in [5.41, 5.74) is 3.70. The van der Waals surface area contributed by atoms with Crippen LogP contribution in [-0.2, 0) is 14.6 Å². The van der Waals surface area contributed by atoms with Gasteiger partial charge in [-0.05, 0) is 69.2 Å². The average Bonchev–Trinajstić information content (AvgIpc) is 3.42. The van der Waals surface area contributed by atoms with Gasteiger partial charge in [0.25, 0.3) is 11.8 Å². The normalized spacial score (nSPS) is 16.0. The van der Waals surface area contributed by atoms with Crippen molar-refractivity contribution in [2.75, 3.05) is 44.7 Å². The molecule has 0 unspecified atom stereocenters. The highest BCUT2D eigenvalue weighted by atomic mass is 32.2. The molecule has 0 aliphatic carbocycles. The summed E-state index contributed by atoms with van der Waals surface area (Å²) >= 11 is 0. The van der Waals surface area contributed by atoms with Crippen LogP contribution in [0.3, 0.4) is 0 Å². The van der Waals surface area contributed by atoms with E-state index in [0.717, 1.165) is 5.56 Å². The molecule has 2 aromatic carbocycles. The number of sulfone groups is 1. The van der Waals surface area contributed by atoms with E-state index in [1.54, 1.807) is 84.4 Å². The summed E-state index contributed by atoms with van der Waals surface area (Å²) in [5.74, 6) is 0.626. The molecule has 2 aliphatic heterocycles. The molecule has 4 aromatic rings. The number of rotatable bonds is 7. The smallest absolute Gasteiger partial charge is 0.259 e. The number of hydrogen-bond donors (Lipinski definition) is 1. The van der Waals surface area contributed by atoms with Crippen molar-refractivity contribution < 1.29 is 27.3 Å². The van der Waals surface area contributed by atoms with Gasteiger partial charge in [-0.1, -0.05) is 17.3 Å². The number of aryl methyl sites for hydroxylation is 2. The molecule has 2 aliphatic rings. The zero-order valence-corrected chi connectivity index (χ0v) is 25.9. The Hall–Kier alpha value is -4.62. The average molecular weight is 631 g/mol. The molecule has 0 saturated carbocycles. The quantitative estimate of drug-likeness (QED) is 0.317. The Bertz CT molecular complexity index is 1770. The van der Waals surface area contributed by atoms with Crippen LogP contribution in [0.5, 0.6) is 0 Å². The number of carbonyl (C=O) groups excluding carboxylic acids is 2. The van der Waals surface area contributed by atoms with Crippen molar-refractivity contribution in [3.8, 4) is 11.3 Å². The summed E-state index contributed by atoms with van der Waals surface area (Å²) < 4.78 is 36.5. The molecule has 45 heavy (non-hydrogen) atoms. The van der Waals surface area contributed by atoms with Crippen molar-refractivity contribution in [3.63, 3.8) is 0 Å². The number of benzene rings is 2. The summed E-state index contributed by atoms with van der Waals surface area (Å²) in [4.78, 5) is 38.8. The number of ether oxygens (including phenoxy) is 1. The standard InChI is InChI=1S/C32H34N6O6S/c1-21-29(22(2)44-36-21)31(40)38-17-15-37(16-18-38)30(39)24-3-7-25(8-4-24)34-32-33-14-11-28(35-32)23-5-9-26(10-6-23)45(41,42)27-12-19-43-20-13-27/h3-11,14,27H,12-13,15-20H2,1-2H3,(H,33,34,35). The molecule has 1 N–H and O–H groups in total. The van der Waals surface area contributed by atoms with E-state index in [1.165, 1.54) is 0 Å². The number of nitrogens with one attached hydrogen (secondary N) is 1. The third-order valence-corrected chi connectivity index (χ3v) is 10.5. The molecule has 2 aromatic heterocycles. The highest BCUT2D eigenvalue weighted by molar-refractivity contribution is 7.92. The van der Waals surface area contributed by atoms with Gasteiger partial charge in [-0.15, -0.1) is 0 Å². The van der Waals surface area contributed by atoms with E-state index >= 15 is 0 Å². The first kappa shape index (κ1) is 30.4. The van der Waals surface area contributed by atoms with E-state index in [1.807, 2.05) is 0 Å². The van der Waals surface area contributed by atoms with E-state index in [-0.39, 0.29) is 11.8 Å². The van der Waals surface area contributed by atoms with Gasteiger partial charge in [0.05, 0.1) is 21.5 Å². The Labute approximate surface area is 261 Å². The Morgan fingerprint density at radius 3 is 2.13 bits per heavy atom. The molecule has 2 saturated heterocycles. The van der Waals surface area contributed by atoms with Crippen LogP contribution >= 0.6 is 0 Å². The summed E-state index contributed by atoms with van der Waals surface area (Å²) in [6.45, 7) is 6.10. The van der Waals surface area contributed by atoms with Gasteiger partial charge in [-0.3, -0.25) is 9.59 Å². The lowest BCUT2D eigenvalue weighted by molar-refractivity contribution is 0.0534. The Balaban J connectivity index is 1.06. The van der Waals surface area contributed by atoms with Crippen LogP contribution in [-0.4, -0.2) is 89.8 Å². The fraction of sp³-hybridized carbons (Fsp3) is 0.344. The molecule has 2 fully saturated rings. The number of piperazine rings is 1. The van der Waals surface area contributed by atoms with Crippen LogP contribution < -0.4 is 5.32 Å². The topological polar surface area (TPSA) is 148 Å². The van der Waals surface area contributed by atoms with E-state index in [2.05, 4.69) is 20.4 Å². The maximum atomic E-state index is 13.2. The molecule has 0 spiro atoms. The molecule has 0 atom stereocenters. The summed E-state index contributed by atoms with van der Waals surface area (Å²) in [6.07, 6.45) is 2.64. The first-order chi connectivity index (χ1) is 21.7. The fourth-order valence-corrected chi connectivity index (χ4v) is 7.35. The first-order valence-electron chi connectivity index (χ1n) is 14.8. The van der Waals surface area contributed by atoms with Crippen molar-refractivity contribution >= 4 is 33.3 Å². The summed E-state index contributed by atoms with van der Waals surface area (Å²) in [5, 5.41) is 6.61. The lowest BCUT2D eigenvalue weighted by Crippen LogP contribution is -2.50. The lowest BCUT2D eigenvalue weighted by atomic mass is 10.1. The Kier molecular flexibility index (Phi) is 8.63. The predicted octanol–water partition coefficient (Wildman–Crippen LogP) is 4.04. The molecule has 13 heteroatoms. The zero-order chi connectivity index (χ0) is 31.6. The van der Waals surface area contributed by atoms with Crippen LogP contribution in [0.1, 0.15) is 45.0 Å². The summed E-state index contributed by atoms with van der Waals surface area (Å²) in [6, 6.07) is 15.6. The third kappa shape index (κ3) is 6.45. The minimum Gasteiger partial charge on any atom is -0.381 e. The Morgan fingerprint density at radius 1 is 0.867 bits per heavy atom. The highest BCUT2D eigenvalue weighted by Gasteiger charge is 2.30. The highest BCUT2D eigenvalue weighted by Crippen LogP contribution is 2.27. The molecular formula is C32H34N6O6S. The maximum Gasteiger partial charge on any atom is 0.259 e. The molecule has 0 radical (unpaired) electrons. The van der Waals surface area contributed by atoms with E-state index in [4.69, 9.17) is 9.26 Å².